The Kier molecular flexibility index (Phi) is 4.81. The average Bonchev–Trinajstić information content (AvgIpc) is 2.69. The third-order valence-corrected chi connectivity index (χ3v) is 5.23. The van der Waals surface area contributed by atoms with Crippen molar-refractivity contribution in [1.82, 2.24) is 5.32 Å². The zero-order chi connectivity index (χ0) is 19.7. The SMILES string of the molecule is O=C(NC1Cc2ccccc2NC1=O)C1CCC(=O)N(c2cccc(F)c2)C1. The van der Waals surface area contributed by atoms with Gasteiger partial charge in [0, 0.05) is 30.8 Å². The molecular weight excluding hydrogens is 361 g/mol. The Hall–Kier alpha value is -3.22. The molecule has 2 N–H and O–H groups in total. The van der Waals surface area contributed by atoms with E-state index in [0.29, 0.717) is 18.5 Å². The Bertz CT molecular complexity index is 946. The van der Waals surface area contributed by atoms with Crippen LogP contribution in [0.3, 0.4) is 0 Å². The highest BCUT2D eigenvalue weighted by Crippen LogP contribution is 2.26. The molecule has 0 saturated carbocycles. The largest absolute Gasteiger partial charge is 0.344 e. The number of hydrogen-bond donors (Lipinski definition) is 2. The molecule has 3 amide bonds. The summed E-state index contributed by atoms with van der Waals surface area (Å²) in [4.78, 5) is 38.8. The number of nitrogens with zero attached hydrogens (tertiary/aromatic N) is 1. The molecule has 144 valence electrons. The molecule has 2 atom stereocenters. The van der Waals surface area contributed by atoms with Gasteiger partial charge in [-0.15, -0.1) is 0 Å². The van der Waals surface area contributed by atoms with Gasteiger partial charge in [-0.1, -0.05) is 24.3 Å². The molecule has 2 unspecified atom stereocenters. The first kappa shape index (κ1) is 18.2. The van der Waals surface area contributed by atoms with E-state index in [-0.39, 0.29) is 30.7 Å². The number of piperidine rings is 1. The fourth-order valence-corrected chi connectivity index (χ4v) is 3.71. The van der Waals surface area contributed by atoms with E-state index < -0.39 is 17.8 Å². The van der Waals surface area contributed by atoms with E-state index in [0.717, 1.165) is 11.3 Å². The predicted molar refractivity (Wildman–Crippen MR) is 102 cm³/mol. The van der Waals surface area contributed by atoms with Gasteiger partial charge in [0.05, 0.1) is 5.92 Å². The molecule has 1 saturated heterocycles. The number of amides is 3. The highest BCUT2D eigenvalue weighted by Gasteiger charge is 2.34. The van der Waals surface area contributed by atoms with E-state index >= 15 is 0 Å². The average molecular weight is 381 g/mol. The molecule has 2 aromatic carbocycles. The van der Waals surface area contributed by atoms with Crippen molar-refractivity contribution in [1.29, 1.82) is 0 Å². The fourth-order valence-electron chi connectivity index (χ4n) is 3.71. The van der Waals surface area contributed by atoms with Gasteiger partial charge in [0.2, 0.25) is 17.7 Å². The number of halogens is 1. The maximum absolute atomic E-state index is 13.5. The zero-order valence-corrected chi connectivity index (χ0v) is 15.2. The Labute approximate surface area is 161 Å². The first-order valence-corrected chi connectivity index (χ1v) is 9.26. The summed E-state index contributed by atoms with van der Waals surface area (Å²) in [5.74, 6) is -1.55. The molecule has 0 aliphatic carbocycles. The molecule has 0 bridgehead atoms. The van der Waals surface area contributed by atoms with Crippen molar-refractivity contribution in [3.05, 3.63) is 59.9 Å². The standard InChI is InChI=1S/C21H20FN3O3/c22-15-5-3-6-16(11-15)25-12-14(8-9-19(25)26)20(27)24-18-10-13-4-1-2-7-17(13)23-21(18)28/h1-7,11,14,18H,8-10,12H2,(H,23,28)(H,24,27). The summed E-state index contributed by atoms with van der Waals surface area (Å²) in [7, 11) is 0. The Balaban J connectivity index is 1.45. The lowest BCUT2D eigenvalue weighted by atomic mass is 9.94. The Morgan fingerprint density at radius 1 is 1.14 bits per heavy atom. The van der Waals surface area contributed by atoms with Crippen LogP contribution in [-0.4, -0.2) is 30.3 Å². The van der Waals surface area contributed by atoms with Gasteiger partial charge in [0.15, 0.2) is 0 Å². The number of benzene rings is 2. The molecule has 2 aliphatic rings. The summed E-state index contributed by atoms with van der Waals surface area (Å²) in [6.45, 7) is 0.166. The van der Waals surface area contributed by atoms with Crippen molar-refractivity contribution in [2.24, 2.45) is 5.92 Å². The van der Waals surface area contributed by atoms with Crippen LogP contribution in [0, 0.1) is 11.7 Å². The van der Waals surface area contributed by atoms with E-state index in [2.05, 4.69) is 10.6 Å². The van der Waals surface area contributed by atoms with E-state index in [1.807, 2.05) is 24.3 Å². The number of hydrogen-bond acceptors (Lipinski definition) is 3. The maximum Gasteiger partial charge on any atom is 0.247 e. The minimum absolute atomic E-state index is 0.140. The Morgan fingerprint density at radius 3 is 2.79 bits per heavy atom. The highest BCUT2D eigenvalue weighted by atomic mass is 19.1. The molecule has 2 aromatic rings. The topological polar surface area (TPSA) is 78.5 Å². The first-order valence-electron chi connectivity index (χ1n) is 9.26. The van der Waals surface area contributed by atoms with Crippen LogP contribution in [0.4, 0.5) is 15.8 Å². The number of anilines is 2. The van der Waals surface area contributed by atoms with Gasteiger partial charge in [-0.05, 0) is 36.2 Å². The molecule has 0 aromatic heterocycles. The maximum atomic E-state index is 13.5. The van der Waals surface area contributed by atoms with E-state index in [1.54, 1.807) is 6.07 Å². The lowest BCUT2D eigenvalue weighted by Crippen LogP contribution is -2.52. The molecule has 28 heavy (non-hydrogen) atoms. The van der Waals surface area contributed by atoms with Gasteiger partial charge in [-0.3, -0.25) is 14.4 Å². The van der Waals surface area contributed by atoms with Crippen LogP contribution in [0.1, 0.15) is 18.4 Å². The second-order valence-corrected chi connectivity index (χ2v) is 7.13. The number of fused-ring (bicyclic) bond motifs is 1. The second-order valence-electron chi connectivity index (χ2n) is 7.13. The molecule has 7 heteroatoms. The van der Waals surface area contributed by atoms with Crippen molar-refractivity contribution in [2.45, 2.75) is 25.3 Å². The van der Waals surface area contributed by atoms with Crippen LogP contribution < -0.4 is 15.5 Å². The van der Waals surface area contributed by atoms with Crippen molar-refractivity contribution in [3.63, 3.8) is 0 Å². The van der Waals surface area contributed by atoms with Gasteiger partial charge in [0.1, 0.15) is 11.9 Å². The van der Waals surface area contributed by atoms with E-state index in [1.165, 1.54) is 23.1 Å². The molecule has 2 heterocycles. The molecule has 1 fully saturated rings. The van der Waals surface area contributed by atoms with E-state index in [9.17, 15) is 18.8 Å². The molecular formula is C21H20FN3O3. The number of carbonyl (C=O) groups excluding carboxylic acids is 3. The molecule has 6 nitrogen and oxygen atoms in total. The zero-order valence-electron chi connectivity index (χ0n) is 15.2. The second kappa shape index (κ2) is 7.42. The first-order chi connectivity index (χ1) is 13.5. The summed E-state index contributed by atoms with van der Waals surface area (Å²) >= 11 is 0. The molecule has 0 spiro atoms. The van der Waals surface area contributed by atoms with Gasteiger partial charge in [-0.25, -0.2) is 4.39 Å². The van der Waals surface area contributed by atoms with Gasteiger partial charge < -0.3 is 15.5 Å². The quantitative estimate of drug-likeness (QED) is 0.856. The number of carbonyl (C=O) groups is 3. The van der Waals surface area contributed by atoms with Gasteiger partial charge in [0.25, 0.3) is 0 Å². The van der Waals surface area contributed by atoms with Crippen LogP contribution in [0.5, 0.6) is 0 Å². The van der Waals surface area contributed by atoms with Crippen LogP contribution >= 0.6 is 0 Å². The fraction of sp³-hybridized carbons (Fsp3) is 0.286. The van der Waals surface area contributed by atoms with Crippen LogP contribution in [-0.2, 0) is 20.8 Å². The van der Waals surface area contributed by atoms with Crippen LogP contribution in [0.2, 0.25) is 0 Å². The summed E-state index contributed by atoms with van der Waals surface area (Å²) in [5.41, 5.74) is 2.16. The number of rotatable bonds is 3. The predicted octanol–water partition coefficient (Wildman–Crippen LogP) is 2.25. The van der Waals surface area contributed by atoms with Crippen molar-refractivity contribution in [3.8, 4) is 0 Å². The summed E-state index contributed by atoms with van der Waals surface area (Å²) in [6.07, 6.45) is 1.03. The number of para-hydroxylation sites is 1. The van der Waals surface area contributed by atoms with Crippen molar-refractivity contribution >= 4 is 29.1 Å². The van der Waals surface area contributed by atoms with Gasteiger partial charge >= 0.3 is 0 Å². The normalized spacial score (nSPS) is 21.7. The smallest absolute Gasteiger partial charge is 0.247 e. The molecule has 4 rings (SSSR count). The third-order valence-electron chi connectivity index (χ3n) is 5.23. The van der Waals surface area contributed by atoms with Crippen molar-refractivity contribution < 1.29 is 18.8 Å². The van der Waals surface area contributed by atoms with Crippen LogP contribution in [0.15, 0.2) is 48.5 Å². The summed E-state index contributed by atoms with van der Waals surface area (Å²) in [5, 5.41) is 5.62. The third kappa shape index (κ3) is 3.60. The summed E-state index contributed by atoms with van der Waals surface area (Å²) in [6, 6.07) is 12.6. The minimum atomic E-state index is -0.650. The highest BCUT2D eigenvalue weighted by molar-refractivity contribution is 6.01. The minimum Gasteiger partial charge on any atom is -0.344 e. The summed E-state index contributed by atoms with van der Waals surface area (Å²) < 4.78 is 13.5. The van der Waals surface area contributed by atoms with Crippen LogP contribution in [0.25, 0.3) is 0 Å². The van der Waals surface area contributed by atoms with Gasteiger partial charge in [-0.2, -0.15) is 0 Å². The lowest BCUT2D eigenvalue weighted by molar-refractivity contribution is -0.131. The lowest BCUT2D eigenvalue weighted by Gasteiger charge is -2.33. The molecule has 2 aliphatic heterocycles. The van der Waals surface area contributed by atoms with Crippen molar-refractivity contribution in [2.75, 3.05) is 16.8 Å². The molecule has 0 radical (unpaired) electrons. The number of nitrogens with one attached hydrogen (secondary N) is 2. The van der Waals surface area contributed by atoms with E-state index in [4.69, 9.17) is 0 Å². The Morgan fingerprint density at radius 2 is 1.96 bits per heavy atom. The monoisotopic (exact) mass is 381 g/mol.